The van der Waals surface area contributed by atoms with Crippen molar-refractivity contribution in [2.45, 2.75) is 20.0 Å². The molecule has 2 aromatic heterocycles. The lowest BCUT2D eigenvalue weighted by Gasteiger charge is -2.10. The Morgan fingerprint density at radius 2 is 2.17 bits per heavy atom. The van der Waals surface area contributed by atoms with E-state index in [1.807, 2.05) is 19.9 Å². The summed E-state index contributed by atoms with van der Waals surface area (Å²) in [5, 5.41) is 12.3. The second-order valence-corrected chi connectivity index (χ2v) is 5.42. The summed E-state index contributed by atoms with van der Waals surface area (Å²) in [5.74, 6) is 1.61. The Kier molecular flexibility index (Phi) is 4.38. The summed E-state index contributed by atoms with van der Waals surface area (Å²) >= 11 is 6.13. The molecule has 118 valence electrons. The molecule has 0 atom stereocenters. The molecule has 0 unspecified atom stereocenters. The predicted octanol–water partition coefficient (Wildman–Crippen LogP) is 3.40. The van der Waals surface area contributed by atoms with E-state index in [4.69, 9.17) is 20.8 Å². The molecule has 0 N–H and O–H groups in total. The average molecular weight is 332 g/mol. The second kappa shape index (κ2) is 6.62. The Balaban J connectivity index is 1.83. The average Bonchev–Trinajstić information content (AvgIpc) is 3.15. The van der Waals surface area contributed by atoms with Gasteiger partial charge in [-0.1, -0.05) is 11.6 Å². The molecule has 1 aromatic carbocycles. The van der Waals surface area contributed by atoms with E-state index in [1.54, 1.807) is 35.4 Å². The molecule has 0 spiro atoms. The summed E-state index contributed by atoms with van der Waals surface area (Å²) < 4.78 is 12.2. The van der Waals surface area contributed by atoms with Gasteiger partial charge in [-0.05, 0) is 32.0 Å². The van der Waals surface area contributed by atoms with Gasteiger partial charge in [0.15, 0.2) is 5.82 Å². The molecule has 0 aliphatic rings. The fourth-order valence-electron chi connectivity index (χ4n) is 1.91. The largest absolute Gasteiger partial charge is 0.491 e. The van der Waals surface area contributed by atoms with E-state index in [0.29, 0.717) is 22.5 Å². The Bertz CT molecular complexity index is 811. The molecule has 0 bridgehead atoms. The predicted molar refractivity (Wildman–Crippen MR) is 85.8 cm³/mol. The molecule has 2 heterocycles. The zero-order valence-electron chi connectivity index (χ0n) is 12.5. The molecule has 0 saturated heterocycles. The minimum Gasteiger partial charge on any atom is -0.491 e. The van der Waals surface area contributed by atoms with Crippen molar-refractivity contribution in [1.82, 2.24) is 25.0 Å². The Morgan fingerprint density at radius 3 is 2.91 bits per heavy atom. The minimum atomic E-state index is 0.0594. The van der Waals surface area contributed by atoms with Gasteiger partial charge in [-0.15, -0.1) is 15.3 Å². The van der Waals surface area contributed by atoms with Gasteiger partial charge in [-0.25, -0.2) is 9.67 Å². The second-order valence-electron chi connectivity index (χ2n) is 4.98. The maximum atomic E-state index is 6.13. The van der Waals surface area contributed by atoms with Gasteiger partial charge in [-0.2, -0.15) is 0 Å². The first kappa shape index (κ1) is 15.2. The van der Waals surface area contributed by atoms with Crippen LogP contribution in [-0.2, 0) is 0 Å². The number of aromatic nitrogens is 5. The van der Waals surface area contributed by atoms with Crippen molar-refractivity contribution < 1.29 is 9.15 Å². The van der Waals surface area contributed by atoms with Crippen molar-refractivity contribution in [2.75, 3.05) is 0 Å². The molecule has 0 fully saturated rings. The molecule has 0 saturated carbocycles. The summed E-state index contributed by atoms with van der Waals surface area (Å²) in [4.78, 5) is 4.27. The quantitative estimate of drug-likeness (QED) is 0.713. The summed E-state index contributed by atoms with van der Waals surface area (Å²) in [6.45, 7) is 3.91. The van der Waals surface area contributed by atoms with Crippen LogP contribution in [0.4, 0.5) is 0 Å². The third kappa shape index (κ3) is 3.95. The highest BCUT2D eigenvalue weighted by Gasteiger charge is 2.08. The zero-order chi connectivity index (χ0) is 16.2. The smallest absolute Gasteiger partial charge is 0.241 e. The molecule has 0 radical (unpaired) electrons. The molecule has 0 amide bonds. The van der Waals surface area contributed by atoms with Crippen LogP contribution in [0.2, 0.25) is 5.02 Å². The van der Waals surface area contributed by atoms with Gasteiger partial charge in [0.1, 0.15) is 12.1 Å². The summed E-state index contributed by atoms with van der Waals surface area (Å²) in [5.41, 5.74) is 0.776. The van der Waals surface area contributed by atoms with Crippen LogP contribution in [0.5, 0.6) is 5.75 Å². The lowest BCUT2D eigenvalue weighted by atomic mass is 10.2. The van der Waals surface area contributed by atoms with Crippen molar-refractivity contribution in [3.63, 3.8) is 0 Å². The Morgan fingerprint density at radius 1 is 1.30 bits per heavy atom. The summed E-state index contributed by atoms with van der Waals surface area (Å²) in [6, 6.07) is 5.40. The van der Waals surface area contributed by atoms with Crippen LogP contribution in [0.3, 0.4) is 0 Å². The van der Waals surface area contributed by atoms with E-state index in [9.17, 15) is 0 Å². The van der Waals surface area contributed by atoms with Gasteiger partial charge in [-0.3, -0.25) is 0 Å². The molecular weight excluding hydrogens is 318 g/mol. The van der Waals surface area contributed by atoms with Crippen LogP contribution < -0.4 is 4.74 Å². The molecule has 8 heteroatoms. The highest BCUT2D eigenvalue weighted by atomic mass is 35.5. The van der Waals surface area contributed by atoms with Gasteiger partial charge in [0.05, 0.1) is 6.10 Å². The van der Waals surface area contributed by atoms with Gasteiger partial charge >= 0.3 is 0 Å². The van der Waals surface area contributed by atoms with Crippen molar-refractivity contribution >= 4 is 23.9 Å². The van der Waals surface area contributed by atoms with E-state index < -0.39 is 0 Å². The fourth-order valence-corrected chi connectivity index (χ4v) is 2.13. The summed E-state index contributed by atoms with van der Waals surface area (Å²) in [6.07, 6.45) is 6.20. The van der Waals surface area contributed by atoms with Gasteiger partial charge in [0, 0.05) is 22.9 Å². The van der Waals surface area contributed by atoms with Gasteiger partial charge < -0.3 is 9.15 Å². The molecule has 0 aliphatic heterocycles. The van der Waals surface area contributed by atoms with Crippen molar-refractivity contribution in [2.24, 2.45) is 0 Å². The molecule has 23 heavy (non-hydrogen) atoms. The van der Waals surface area contributed by atoms with Crippen LogP contribution in [0.1, 0.15) is 19.7 Å². The highest BCUT2D eigenvalue weighted by molar-refractivity contribution is 6.31. The first-order valence-electron chi connectivity index (χ1n) is 6.93. The van der Waals surface area contributed by atoms with E-state index in [2.05, 4.69) is 20.3 Å². The van der Waals surface area contributed by atoms with Crippen LogP contribution in [0.15, 0.2) is 35.3 Å². The standard InChI is InChI=1S/C15H14ClN5O2/c1-10(2)23-13-6-11(5-12(16)7-13)15-17-8-21(20-15)4-3-14-19-18-9-22-14/h3-10H,1-2H3/b4-3-. The first-order valence-corrected chi connectivity index (χ1v) is 7.31. The molecule has 7 nitrogen and oxygen atoms in total. The first-order chi connectivity index (χ1) is 11.1. The molecule has 0 aliphatic carbocycles. The lowest BCUT2D eigenvalue weighted by Crippen LogP contribution is -2.05. The molecule has 3 rings (SSSR count). The SMILES string of the molecule is CC(C)Oc1cc(Cl)cc(-c2ncn(/C=C\c3nnco3)n2)c1. The van der Waals surface area contributed by atoms with Gasteiger partial charge in [0.25, 0.3) is 0 Å². The van der Waals surface area contributed by atoms with Crippen LogP contribution in [0.25, 0.3) is 23.7 Å². The monoisotopic (exact) mass is 331 g/mol. The Labute approximate surface area is 137 Å². The highest BCUT2D eigenvalue weighted by Crippen LogP contribution is 2.27. The van der Waals surface area contributed by atoms with Crippen LogP contribution >= 0.6 is 11.6 Å². The maximum absolute atomic E-state index is 6.13. The maximum Gasteiger partial charge on any atom is 0.241 e. The summed E-state index contributed by atoms with van der Waals surface area (Å²) in [7, 11) is 0. The zero-order valence-corrected chi connectivity index (χ0v) is 13.3. The topological polar surface area (TPSA) is 78.9 Å². The number of halogens is 1. The Hall–Kier alpha value is -2.67. The van der Waals surface area contributed by atoms with E-state index in [-0.39, 0.29) is 6.10 Å². The fraction of sp³-hybridized carbons (Fsp3) is 0.200. The minimum absolute atomic E-state index is 0.0594. The van der Waals surface area contributed by atoms with E-state index in [0.717, 1.165) is 5.56 Å². The lowest BCUT2D eigenvalue weighted by molar-refractivity contribution is 0.242. The van der Waals surface area contributed by atoms with Gasteiger partial charge in [0.2, 0.25) is 12.3 Å². The number of benzene rings is 1. The van der Waals surface area contributed by atoms with Crippen LogP contribution in [-0.4, -0.2) is 31.1 Å². The molecular formula is C15H14ClN5O2. The number of hydrogen-bond acceptors (Lipinski definition) is 6. The molecule has 3 aromatic rings. The third-order valence-electron chi connectivity index (χ3n) is 2.76. The van der Waals surface area contributed by atoms with Crippen molar-refractivity contribution in [3.05, 3.63) is 41.8 Å². The number of rotatable bonds is 5. The number of ether oxygens (including phenoxy) is 1. The van der Waals surface area contributed by atoms with Crippen molar-refractivity contribution in [1.29, 1.82) is 0 Å². The normalized spacial score (nSPS) is 11.5. The van der Waals surface area contributed by atoms with E-state index in [1.165, 1.54) is 6.39 Å². The van der Waals surface area contributed by atoms with Crippen LogP contribution in [0, 0.1) is 0 Å². The third-order valence-corrected chi connectivity index (χ3v) is 2.97. The van der Waals surface area contributed by atoms with Crippen molar-refractivity contribution in [3.8, 4) is 17.1 Å². The number of hydrogen-bond donors (Lipinski definition) is 0. The number of nitrogens with zero attached hydrogens (tertiary/aromatic N) is 5. The van der Waals surface area contributed by atoms with E-state index >= 15 is 0 Å².